The predicted molar refractivity (Wildman–Crippen MR) is 82.4 cm³/mol. The summed E-state index contributed by atoms with van der Waals surface area (Å²) < 4.78 is 4.73. The number of benzene rings is 1. The van der Waals surface area contributed by atoms with Gasteiger partial charge < -0.3 is 15.4 Å². The van der Waals surface area contributed by atoms with Crippen molar-refractivity contribution < 1.29 is 19.1 Å². The average molecular weight is 306 g/mol. The normalized spacial score (nSPS) is 9.91. The van der Waals surface area contributed by atoms with Crippen molar-refractivity contribution in [1.29, 1.82) is 0 Å². The van der Waals surface area contributed by atoms with E-state index < -0.39 is 0 Å². The van der Waals surface area contributed by atoms with Gasteiger partial charge in [-0.1, -0.05) is 17.7 Å². The first-order valence-corrected chi connectivity index (χ1v) is 7.30. The number of hydrogen-bond acceptors (Lipinski definition) is 4. The summed E-state index contributed by atoms with van der Waals surface area (Å²) >= 11 is 0. The highest BCUT2D eigenvalue weighted by molar-refractivity contribution is 5.94. The Labute approximate surface area is 130 Å². The van der Waals surface area contributed by atoms with E-state index >= 15 is 0 Å². The standard InChI is InChI=1S/C16H22N2O4/c1-3-22-15(20)8-7-14(19)17-9-10-18-16(21)13-6-4-5-12(2)11-13/h4-6,11H,3,7-10H2,1-2H3,(H,17,19)(H,18,21). The second kappa shape index (κ2) is 9.55. The molecule has 0 unspecified atom stereocenters. The van der Waals surface area contributed by atoms with Gasteiger partial charge in [0.25, 0.3) is 5.91 Å². The van der Waals surface area contributed by atoms with Gasteiger partial charge in [-0.2, -0.15) is 0 Å². The minimum Gasteiger partial charge on any atom is -0.466 e. The first-order chi connectivity index (χ1) is 10.5. The van der Waals surface area contributed by atoms with Gasteiger partial charge in [-0.15, -0.1) is 0 Å². The summed E-state index contributed by atoms with van der Waals surface area (Å²) in [5.41, 5.74) is 1.61. The molecule has 6 heteroatoms. The van der Waals surface area contributed by atoms with Gasteiger partial charge in [-0.3, -0.25) is 14.4 Å². The summed E-state index contributed by atoms with van der Waals surface area (Å²) in [5.74, 6) is -0.798. The molecule has 2 amide bonds. The van der Waals surface area contributed by atoms with E-state index in [0.29, 0.717) is 25.3 Å². The van der Waals surface area contributed by atoms with Gasteiger partial charge in [0.2, 0.25) is 5.91 Å². The number of ether oxygens (including phenoxy) is 1. The van der Waals surface area contributed by atoms with Gasteiger partial charge in [0.15, 0.2) is 0 Å². The number of rotatable bonds is 8. The van der Waals surface area contributed by atoms with E-state index in [9.17, 15) is 14.4 Å². The van der Waals surface area contributed by atoms with Crippen LogP contribution >= 0.6 is 0 Å². The van der Waals surface area contributed by atoms with Gasteiger partial charge in [0.1, 0.15) is 0 Å². The van der Waals surface area contributed by atoms with E-state index in [1.54, 1.807) is 19.1 Å². The maximum Gasteiger partial charge on any atom is 0.306 e. The van der Waals surface area contributed by atoms with Crippen LogP contribution in [0, 0.1) is 6.92 Å². The minimum absolute atomic E-state index is 0.0648. The number of esters is 1. The van der Waals surface area contributed by atoms with Gasteiger partial charge in [-0.25, -0.2) is 0 Å². The summed E-state index contributed by atoms with van der Waals surface area (Å²) in [5, 5.41) is 5.36. The molecule has 120 valence electrons. The van der Waals surface area contributed by atoms with Crippen LogP contribution in [0.25, 0.3) is 0 Å². The molecule has 0 atom stereocenters. The molecule has 22 heavy (non-hydrogen) atoms. The fourth-order valence-electron chi connectivity index (χ4n) is 1.80. The van der Waals surface area contributed by atoms with Crippen LogP contribution in [0.5, 0.6) is 0 Å². The topological polar surface area (TPSA) is 84.5 Å². The molecular formula is C16H22N2O4. The van der Waals surface area contributed by atoms with Crippen LogP contribution in [0.1, 0.15) is 35.7 Å². The number of hydrogen-bond donors (Lipinski definition) is 2. The van der Waals surface area contributed by atoms with Crippen molar-refractivity contribution in [2.45, 2.75) is 26.7 Å². The van der Waals surface area contributed by atoms with Crippen molar-refractivity contribution >= 4 is 17.8 Å². The molecular weight excluding hydrogens is 284 g/mol. The Morgan fingerprint density at radius 2 is 1.82 bits per heavy atom. The molecule has 0 saturated heterocycles. The molecule has 0 heterocycles. The highest BCUT2D eigenvalue weighted by atomic mass is 16.5. The van der Waals surface area contributed by atoms with E-state index in [1.807, 2.05) is 19.1 Å². The van der Waals surface area contributed by atoms with E-state index in [0.717, 1.165) is 5.56 Å². The fraction of sp³-hybridized carbons (Fsp3) is 0.438. The highest BCUT2D eigenvalue weighted by Crippen LogP contribution is 2.03. The zero-order valence-electron chi connectivity index (χ0n) is 13.0. The van der Waals surface area contributed by atoms with Crippen molar-refractivity contribution in [2.75, 3.05) is 19.7 Å². The lowest BCUT2D eigenvalue weighted by molar-refractivity contribution is -0.144. The number of aryl methyl sites for hydroxylation is 1. The molecule has 0 bridgehead atoms. The molecule has 0 spiro atoms. The third-order valence-electron chi connectivity index (χ3n) is 2.87. The molecule has 0 aliphatic rings. The maximum absolute atomic E-state index is 11.8. The minimum atomic E-state index is -0.384. The lowest BCUT2D eigenvalue weighted by Gasteiger charge is -2.07. The van der Waals surface area contributed by atoms with Crippen molar-refractivity contribution in [3.05, 3.63) is 35.4 Å². The summed E-state index contributed by atoms with van der Waals surface area (Å²) in [6.45, 7) is 4.60. The Bertz CT molecular complexity index is 529. The van der Waals surface area contributed by atoms with Crippen LogP contribution in [0.4, 0.5) is 0 Å². The first kappa shape index (κ1) is 17.7. The Kier molecular flexibility index (Phi) is 7.67. The molecule has 0 radical (unpaired) electrons. The zero-order valence-corrected chi connectivity index (χ0v) is 13.0. The molecule has 6 nitrogen and oxygen atoms in total. The van der Waals surface area contributed by atoms with Crippen LogP contribution < -0.4 is 10.6 Å². The van der Waals surface area contributed by atoms with Crippen LogP contribution in [-0.2, 0) is 14.3 Å². The zero-order chi connectivity index (χ0) is 16.4. The second-order valence-electron chi connectivity index (χ2n) is 4.78. The Morgan fingerprint density at radius 1 is 1.09 bits per heavy atom. The maximum atomic E-state index is 11.8. The van der Waals surface area contributed by atoms with Crippen LogP contribution in [-0.4, -0.2) is 37.5 Å². The smallest absolute Gasteiger partial charge is 0.306 e. The molecule has 1 rings (SSSR count). The molecule has 0 aliphatic heterocycles. The van der Waals surface area contributed by atoms with Crippen molar-refractivity contribution in [3.8, 4) is 0 Å². The second-order valence-corrected chi connectivity index (χ2v) is 4.78. The Morgan fingerprint density at radius 3 is 2.50 bits per heavy atom. The predicted octanol–water partition coefficient (Wildman–Crippen LogP) is 1.18. The fourth-order valence-corrected chi connectivity index (χ4v) is 1.80. The van der Waals surface area contributed by atoms with E-state index in [4.69, 9.17) is 4.74 Å². The SMILES string of the molecule is CCOC(=O)CCC(=O)NCCNC(=O)c1cccc(C)c1. The first-order valence-electron chi connectivity index (χ1n) is 7.30. The van der Waals surface area contributed by atoms with Gasteiger partial charge in [-0.05, 0) is 26.0 Å². The van der Waals surface area contributed by atoms with Crippen molar-refractivity contribution in [2.24, 2.45) is 0 Å². The quantitative estimate of drug-likeness (QED) is 0.558. The summed E-state index contributed by atoms with van der Waals surface area (Å²) in [7, 11) is 0. The van der Waals surface area contributed by atoms with E-state index in [2.05, 4.69) is 10.6 Å². The number of carbonyl (C=O) groups is 3. The molecule has 0 saturated carbocycles. The third-order valence-corrected chi connectivity index (χ3v) is 2.87. The number of nitrogens with one attached hydrogen (secondary N) is 2. The van der Waals surface area contributed by atoms with E-state index in [1.165, 1.54) is 0 Å². The molecule has 1 aromatic rings. The monoisotopic (exact) mass is 306 g/mol. The molecule has 0 fully saturated rings. The average Bonchev–Trinajstić information content (AvgIpc) is 2.49. The van der Waals surface area contributed by atoms with Gasteiger partial charge in [0.05, 0.1) is 13.0 Å². The van der Waals surface area contributed by atoms with Crippen molar-refractivity contribution in [3.63, 3.8) is 0 Å². The summed E-state index contributed by atoms with van der Waals surface area (Å²) in [6, 6.07) is 7.27. The van der Waals surface area contributed by atoms with Gasteiger partial charge >= 0.3 is 5.97 Å². The highest BCUT2D eigenvalue weighted by Gasteiger charge is 2.08. The molecule has 1 aromatic carbocycles. The number of amides is 2. The van der Waals surface area contributed by atoms with Crippen LogP contribution in [0.15, 0.2) is 24.3 Å². The Balaban J connectivity index is 2.18. The molecule has 2 N–H and O–H groups in total. The summed E-state index contributed by atoms with van der Waals surface area (Å²) in [6.07, 6.45) is 0.153. The lowest BCUT2D eigenvalue weighted by Crippen LogP contribution is -2.34. The van der Waals surface area contributed by atoms with Crippen LogP contribution in [0.3, 0.4) is 0 Å². The molecule has 0 aromatic heterocycles. The largest absolute Gasteiger partial charge is 0.466 e. The Hall–Kier alpha value is -2.37. The van der Waals surface area contributed by atoms with E-state index in [-0.39, 0.29) is 30.6 Å². The lowest BCUT2D eigenvalue weighted by atomic mass is 10.1. The molecule has 0 aliphatic carbocycles. The van der Waals surface area contributed by atoms with Gasteiger partial charge in [0, 0.05) is 25.1 Å². The van der Waals surface area contributed by atoms with Crippen LogP contribution in [0.2, 0.25) is 0 Å². The summed E-state index contributed by atoms with van der Waals surface area (Å²) in [4.78, 5) is 34.4. The number of carbonyl (C=O) groups excluding carboxylic acids is 3. The third kappa shape index (κ3) is 6.88. The van der Waals surface area contributed by atoms with Crippen molar-refractivity contribution in [1.82, 2.24) is 10.6 Å².